The molecule has 0 aliphatic heterocycles. The molecule has 0 unspecified atom stereocenters. The van der Waals surface area contributed by atoms with Gasteiger partial charge >= 0.3 is 0 Å². The Kier molecular flexibility index (Phi) is 2.59. The van der Waals surface area contributed by atoms with Crippen LogP contribution in [0.2, 0.25) is 0 Å². The predicted octanol–water partition coefficient (Wildman–Crippen LogP) is 4.45. The van der Waals surface area contributed by atoms with Gasteiger partial charge in [-0.15, -0.1) is 0 Å². The molecule has 0 nitrogen and oxygen atoms in total. The van der Waals surface area contributed by atoms with Crippen LogP contribution in [-0.2, 0) is 0 Å². The fourth-order valence-electron chi connectivity index (χ4n) is 1.92. The van der Waals surface area contributed by atoms with Crippen LogP contribution >= 0.6 is 0 Å². The molecule has 0 saturated heterocycles. The van der Waals surface area contributed by atoms with Gasteiger partial charge in [-0.2, -0.15) is 0 Å². The predicted molar refractivity (Wildman–Crippen MR) is 67.5 cm³/mol. The van der Waals surface area contributed by atoms with Crippen LogP contribution in [-0.4, -0.2) is 0 Å². The highest BCUT2D eigenvalue weighted by Crippen LogP contribution is 2.29. The second-order valence-corrected chi connectivity index (χ2v) is 4.10. The highest BCUT2D eigenvalue weighted by Gasteiger charge is 2.08. The monoisotopic (exact) mass is 196 g/mol. The van der Waals surface area contributed by atoms with Crippen molar-refractivity contribution in [3.8, 4) is 0 Å². The van der Waals surface area contributed by atoms with Crippen LogP contribution in [0.25, 0.3) is 11.1 Å². The maximum atomic E-state index is 3.98. The normalized spacial score (nSPS) is 14.8. The minimum absolute atomic E-state index is 1.07. The Balaban J connectivity index is 2.42. The van der Waals surface area contributed by atoms with Gasteiger partial charge in [-0.25, -0.2) is 0 Å². The molecule has 1 aromatic rings. The van der Waals surface area contributed by atoms with Crippen LogP contribution in [0.1, 0.15) is 31.4 Å². The summed E-state index contributed by atoms with van der Waals surface area (Å²) in [5, 5.41) is 0. The van der Waals surface area contributed by atoms with Crippen molar-refractivity contribution >= 4 is 11.1 Å². The van der Waals surface area contributed by atoms with Crippen LogP contribution < -0.4 is 0 Å². The maximum Gasteiger partial charge on any atom is -0.0154 e. The third-order valence-electron chi connectivity index (χ3n) is 2.84. The first-order valence-electron chi connectivity index (χ1n) is 5.32. The van der Waals surface area contributed by atoms with E-state index >= 15 is 0 Å². The average molecular weight is 196 g/mol. The van der Waals surface area contributed by atoms with E-state index in [1.807, 2.05) is 6.92 Å². The van der Waals surface area contributed by atoms with E-state index in [0.29, 0.717) is 0 Å². The summed E-state index contributed by atoms with van der Waals surface area (Å²) < 4.78 is 0. The van der Waals surface area contributed by atoms with Gasteiger partial charge in [0.1, 0.15) is 0 Å². The Morgan fingerprint density at radius 3 is 2.67 bits per heavy atom. The molecule has 15 heavy (non-hydrogen) atoms. The summed E-state index contributed by atoms with van der Waals surface area (Å²) in [6, 6.07) is 8.60. The highest BCUT2D eigenvalue weighted by molar-refractivity contribution is 5.82. The van der Waals surface area contributed by atoms with Gasteiger partial charge in [-0.1, -0.05) is 42.5 Å². The minimum atomic E-state index is 1.07. The third-order valence-corrected chi connectivity index (χ3v) is 2.84. The second-order valence-electron chi connectivity index (χ2n) is 4.10. The molecule has 1 aromatic carbocycles. The molecule has 0 amide bonds. The molecule has 0 N–H and O–H groups in total. The molecule has 2 rings (SSSR count). The van der Waals surface area contributed by atoms with Crippen LogP contribution in [0.5, 0.6) is 0 Å². The SMILES string of the molecule is C=C(C)c1cccc(C2=CCC=C2C)c1. The molecule has 0 atom stereocenters. The summed E-state index contributed by atoms with van der Waals surface area (Å²) in [5.74, 6) is 0. The topological polar surface area (TPSA) is 0 Å². The molecule has 0 saturated carbocycles. The molecule has 0 heteroatoms. The standard InChI is InChI=1S/C15H16/c1-11(2)13-7-5-8-14(10-13)15-9-4-6-12(15)3/h5-10H,1,4H2,2-3H3. The fraction of sp³-hybridized carbons (Fsp3) is 0.200. The summed E-state index contributed by atoms with van der Waals surface area (Å²) in [4.78, 5) is 0. The zero-order chi connectivity index (χ0) is 10.8. The highest BCUT2D eigenvalue weighted by atomic mass is 14.1. The van der Waals surface area contributed by atoms with E-state index in [9.17, 15) is 0 Å². The van der Waals surface area contributed by atoms with Crippen molar-refractivity contribution in [2.24, 2.45) is 0 Å². The third kappa shape index (κ3) is 1.94. The fourth-order valence-corrected chi connectivity index (χ4v) is 1.92. The van der Waals surface area contributed by atoms with Crippen LogP contribution in [0.4, 0.5) is 0 Å². The molecule has 0 spiro atoms. The Morgan fingerprint density at radius 1 is 1.27 bits per heavy atom. The molecule has 1 aliphatic carbocycles. The molecule has 0 fully saturated rings. The molecule has 0 radical (unpaired) electrons. The van der Waals surface area contributed by atoms with Gasteiger partial charge in [0.15, 0.2) is 0 Å². The van der Waals surface area contributed by atoms with Crippen LogP contribution in [0, 0.1) is 0 Å². The van der Waals surface area contributed by atoms with E-state index in [0.717, 1.165) is 12.0 Å². The van der Waals surface area contributed by atoms with Crippen molar-refractivity contribution in [1.82, 2.24) is 0 Å². The first-order valence-corrected chi connectivity index (χ1v) is 5.32. The van der Waals surface area contributed by atoms with E-state index in [4.69, 9.17) is 0 Å². The van der Waals surface area contributed by atoms with Crippen molar-refractivity contribution < 1.29 is 0 Å². The molecule has 0 bridgehead atoms. The molecular weight excluding hydrogens is 180 g/mol. The quantitative estimate of drug-likeness (QED) is 0.655. The van der Waals surface area contributed by atoms with E-state index < -0.39 is 0 Å². The van der Waals surface area contributed by atoms with Gasteiger partial charge in [0.25, 0.3) is 0 Å². The maximum absolute atomic E-state index is 3.98. The van der Waals surface area contributed by atoms with Crippen LogP contribution in [0.15, 0.2) is 48.6 Å². The van der Waals surface area contributed by atoms with Crippen molar-refractivity contribution in [1.29, 1.82) is 0 Å². The Bertz CT molecular complexity index is 459. The van der Waals surface area contributed by atoms with Gasteiger partial charge in [0.05, 0.1) is 0 Å². The summed E-state index contributed by atoms with van der Waals surface area (Å²) in [5.41, 5.74) is 6.42. The summed E-state index contributed by atoms with van der Waals surface area (Å²) in [6.07, 6.45) is 5.62. The molecule has 0 heterocycles. The zero-order valence-corrected chi connectivity index (χ0v) is 9.38. The van der Waals surface area contributed by atoms with Gasteiger partial charge in [-0.3, -0.25) is 0 Å². The van der Waals surface area contributed by atoms with Crippen molar-refractivity contribution in [2.45, 2.75) is 20.3 Å². The summed E-state index contributed by atoms with van der Waals surface area (Å²) in [6.45, 7) is 8.20. The molecule has 1 aliphatic rings. The number of benzene rings is 1. The van der Waals surface area contributed by atoms with Gasteiger partial charge in [-0.05, 0) is 48.6 Å². The lowest BCUT2D eigenvalue weighted by atomic mass is 9.98. The zero-order valence-electron chi connectivity index (χ0n) is 9.38. The molecular formula is C15H16. The second kappa shape index (κ2) is 3.90. The molecule has 0 aromatic heterocycles. The first-order chi connectivity index (χ1) is 7.18. The Morgan fingerprint density at radius 2 is 2.07 bits per heavy atom. The van der Waals surface area contributed by atoms with E-state index in [1.54, 1.807) is 0 Å². The Labute approximate surface area is 91.6 Å². The van der Waals surface area contributed by atoms with Crippen molar-refractivity contribution in [3.63, 3.8) is 0 Å². The van der Waals surface area contributed by atoms with Gasteiger partial charge in [0, 0.05) is 0 Å². The van der Waals surface area contributed by atoms with E-state index in [-0.39, 0.29) is 0 Å². The lowest BCUT2D eigenvalue weighted by molar-refractivity contribution is 1.42. The van der Waals surface area contributed by atoms with Crippen molar-refractivity contribution in [2.75, 3.05) is 0 Å². The molecule has 76 valence electrons. The largest absolute Gasteiger partial charge is 0.0955 e. The lowest BCUT2D eigenvalue weighted by Gasteiger charge is -2.07. The van der Waals surface area contributed by atoms with E-state index in [1.165, 1.54) is 22.3 Å². The lowest BCUT2D eigenvalue weighted by Crippen LogP contribution is -1.86. The Hall–Kier alpha value is -1.56. The first kappa shape index (κ1) is 9.97. The van der Waals surface area contributed by atoms with E-state index in [2.05, 4.69) is 49.9 Å². The summed E-state index contributed by atoms with van der Waals surface area (Å²) >= 11 is 0. The smallest absolute Gasteiger partial charge is 0.0154 e. The number of hydrogen-bond acceptors (Lipinski definition) is 0. The summed E-state index contributed by atoms with van der Waals surface area (Å²) in [7, 11) is 0. The van der Waals surface area contributed by atoms with Gasteiger partial charge < -0.3 is 0 Å². The minimum Gasteiger partial charge on any atom is -0.0955 e. The van der Waals surface area contributed by atoms with Crippen molar-refractivity contribution in [3.05, 3.63) is 59.7 Å². The van der Waals surface area contributed by atoms with Gasteiger partial charge in [0.2, 0.25) is 0 Å². The number of hydrogen-bond donors (Lipinski definition) is 0. The average Bonchev–Trinajstić information content (AvgIpc) is 2.64. The van der Waals surface area contributed by atoms with Crippen LogP contribution in [0.3, 0.4) is 0 Å². The number of allylic oxidation sites excluding steroid dienone is 5. The number of rotatable bonds is 2.